The van der Waals surface area contributed by atoms with E-state index in [2.05, 4.69) is 26.6 Å². The van der Waals surface area contributed by atoms with E-state index in [0.29, 0.717) is 23.3 Å². The maximum Gasteiger partial charge on any atom is 0.239 e. The van der Waals surface area contributed by atoms with Crippen molar-refractivity contribution in [2.24, 2.45) is 0 Å². The zero-order chi connectivity index (χ0) is 12.7. The second-order valence-electron chi connectivity index (χ2n) is 3.33. The number of anilines is 1. The van der Waals surface area contributed by atoms with Crippen LogP contribution in [0.2, 0.25) is 0 Å². The molecule has 1 aromatic rings. The summed E-state index contributed by atoms with van der Waals surface area (Å²) in [5, 5.41) is 5.48. The molecule has 0 aliphatic carbocycles. The summed E-state index contributed by atoms with van der Waals surface area (Å²) >= 11 is 3.06. The number of rotatable bonds is 6. The highest BCUT2D eigenvalue weighted by molar-refractivity contribution is 9.10. The van der Waals surface area contributed by atoms with Gasteiger partial charge in [-0.15, -0.1) is 0 Å². The topological polar surface area (TPSA) is 50.4 Å². The molecule has 4 nitrogen and oxygen atoms in total. The molecule has 0 fully saturated rings. The van der Waals surface area contributed by atoms with E-state index in [1.807, 2.05) is 0 Å². The van der Waals surface area contributed by atoms with Gasteiger partial charge in [-0.3, -0.25) is 4.79 Å². The highest BCUT2D eigenvalue weighted by Gasteiger charge is 2.03. The zero-order valence-corrected chi connectivity index (χ0v) is 11.0. The van der Waals surface area contributed by atoms with Crippen molar-refractivity contribution in [3.63, 3.8) is 0 Å². The quantitative estimate of drug-likeness (QED) is 0.788. The van der Waals surface area contributed by atoms with E-state index in [4.69, 9.17) is 4.74 Å². The lowest BCUT2D eigenvalue weighted by molar-refractivity contribution is -0.119. The molecule has 0 saturated carbocycles. The van der Waals surface area contributed by atoms with Crippen LogP contribution < -0.4 is 10.6 Å². The van der Waals surface area contributed by atoms with E-state index in [1.54, 1.807) is 19.2 Å². The SMILES string of the molecule is COCCNC(=O)CNc1ccc(Br)c(F)c1. The molecule has 2 N–H and O–H groups in total. The molecule has 0 atom stereocenters. The Hall–Kier alpha value is -1.14. The van der Waals surface area contributed by atoms with Gasteiger partial charge in [-0.05, 0) is 34.1 Å². The zero-order valence-electron chi connectivity index (χ0n) is 9.43. The van der Waals surface area contributed by atoms with Crippen molar-refractivity contribution in [3.05, 3.63) is 28.5 Å². The Morgan fingerprint density at radius 1 is 1.53 bits per heavy atom. The van der Waals surface area contributed by atoms with Gasteiger partial charge in [0.1, 0.15) is 5.82 Å². The molecule has 0 heterocycles. The molecule has 0 aliphatic heterocycles. The lowest BCUT2D eigenvalue weighted by atomic mass is 10.3. The summed E-state index contributed by atoms with van der Waals surface area (Å²) in [6.07, 6.45) is 0. The van der Waals surface area contributed by atoms with Gasteiger partial charge in [0.05, 0.1) is 17.6 Å². The number of nitrogens with one attached hydrogen (secondary N) is 2. The van der Waals surface area contributed by atoms with E-state index in [0.717, 1.165) is 0 Å². The van der Waals surface area contributed by atoms with Gasteiger partial charge >= 0.3 is 0 Å². The Labute approximate surface area is 108 Å². The fourth-order valence-electron chi connectivity index (χ4n) is 1.14. The maximum absolute atomic E-state index is 13.1. The van der Waals surface area contributed by atoms with E-state index < -0.39 is 0 Å². The van der Waals surface area contributed by atoms with Crippen molar-refractivity contribution in [2.75, 3.05) is 32.1 Å². The molecule has 1 aromatic carbocycles. The maximum atomic E-state index is 13.1. The predicted molar refractivity (Wildman–Crippen MR) is 67.5 cm³/mol. The summed E-state index contributed by atoms with van der Waals surface area (Å²) in [7, 11) is 1.56. The first-order chi connectivity index (χ1) is 8.13. The molecule has 6 heteroatoms. The minimum Gasteiger partial charge on any atom is -0.383 e. The van der Waals surface area contributed by atoms with Gasteiger partial charge in [0, 0.05) is 19.3 Å². The van der Waals surface area contributed by atoms with Crippen LogP contribution in [0.15, 0.2) is 22.7 Å². The molecule has 1 amide bonds. The molecule has 17 heavy (non-hydrogen) atoms. The van der Waals surface area contributed by atoms with Gasteiger partial charge in [-0.2, -0.15) is 0 Å². The number of methoxy groups -OCH3 is 1. The number of carbonyl (C=O) groups is 1. The van der Waals surface area contributed by atoms with Crippen LogP contribution in [0.1, 0.15) is 0 Å². The number of benzene rings is 1. The number of amides is 1. The molecule has 0 spiro atoms. The molecule has 0 aliphatic rings. The third-order valence-corrected chi connectivity index (χ3v) is 2.64. The van der Waals surface area contributed by atoms with Crippen LogP contribution in [-0.2, 0) is 9.53 Å². The number of hydrogen-bond acceptors (Lipinski definition) is 3. The predicted octanol–water partition coefficient (Wildman–Crippen LogP) is 1.76. The molecule has 0 unspecified atom stereocenters. The van der Waals surface area contributed by atoms with Gasteiger partial charge < -0.3 is 15.4 Å². The molecule has 94 valence electrons. The number of hydrogen-bond donors (Lipinski definition) is 2. The van der Waals surface area contributed by atoms with E-state index in [9.17, 15) is 9.18 Å². The number of ether oxygens (including phenoxy) is 1. The van der Waals surface area contributed by atoms with Crippen LogP contribution in [-0.4, -0.2) is 32.7 Å². The molecule has 0 aromatic heterocycles. The van der Waals surface area contributed by atoms with Crippen molar-refractivity contribution in [1.29, 1.82) is 0 Å². The third kappa shape index (κ3) is 5.14. The Morgan fingerprint density at radius 2 is 2.29 bits per heavy atom. The van der Waals surface area contributed by atoms with E-state index >= 15 is 0 Å². The summed E-state index contributed by atoms with van der Waals surface area (Å²) in [4.78, 5) is 11.3. The fraction of sp³-hybridized carbons (Fsp3) is 0.364. The van der Waals surface area contributed by atoms with Crippen LogP contribution in [0, 0.1) is 5.82 Å². The summed E-state index contributed by atoms with van der Waals surface area (Å²) in [6, 6.07) is 4.60. The largest absolute Gasteiger partial charge is 0.383 e. The first kappa shape index (κ1) is 13.9. The second kappa shape index (κ2) is 7.24. The standard InChI is InChI=1S/C11H14BrFN2O2/c1-17-5-4-14-11(16)7-15-8-2-3-9(12)10(13)6-8/h2-3,6,15H,4-5,7H2,1H3,(H,14,16). The van der Waals surface area contributed by atoms with Gasteiger partial charge in [-0.1, -0.05) is 0 Å². The Morgan fingerprint density at radius 3 is 2.94 bits per heavy atom. The second-order valence-corrected chi connectivity index (χ2v) is 4.18. The van der Waals surface area contributed by atoms with Crippen LogP contribution in [0.25, 0.3) is 0 Å². The number of carbonyl (C=O) groups excluding carboxylic acids is 1. The smallest absolute Gasteiger partial charge is 0.239 e. The van der Waals surface area contributed by atoms with Gasteiger partial charge in [0.2, 0.25) is 5.91 Å². The number of halogens is 2. The van der Waals surface area contributed by atoms with Gasteiger partial charge in [0.15, 0.2) is 0 Å². The molecule has 0 saturated heterocycles. The van der Waals surface area contributed by atoms with Crippen molar-refractivity contribution < 1.29 is 13.9 Å². The lowest BCUT2D eigenvalue weighted by Gasteiger charge is -2.07. The normalized spacial score (nSPS) is 10.1. The summed E-state index contributed by atoms with van der Waals surface area (Å²) < 4.78 is 18.3. The molecule has 1 rings (SSSR count). The fourth-order valence-corrected chi connectivity index (χ4v) is 1.39. The van der Waals surface area contributed by atoms with Gasteiger partial charge in [0.25, 0.3) is 0 Å². The minimum atomic E-state index is -0.366. The van der Waals surface area contributed by atoms with Crippen LogP contribution >= 0.6 is 15.9 Å². The van der Waals surface area contributed by atoms with Crippen LogP contribution in [0.5, 0.6) is 0 Å². The first-order valence-electron chi connectivity index (χ1n) is 5.08. The molecule has 0 bridgehead atoms. The Bertz CT molecular complexity index is 388. The summed E-state index contributed by atoms with van der Waals surface area (Å²) in [5.74, 6) is -0.528. The van der Waals surface area contributed by atoms with Crippen molar-refractivity contribution in [3.8, 4) is 0 Å². The Balaban J connectivity index is 2.34. The van der Waals surface area contributed by atoms with Crippen LogP contribution in [0.4, 0.5) is 10.1 Å². The van der Waals surface area contributed by atoms with Crippen LogP contribution in [0.3, 0.4) is 0 Å². The van der Waals surface area contributed by atoms with Crippen molar-refractivity contribution >= 4 is 27.5 Å². The highest BCUT2D eigenvalue weighted by Crippen LogP contribution is 2.18. The molecular formula is C11H14BrFN2O2. The average molecular weight is 305 g/mol. The Kier molecular flexibility index (Phi) is 5.93. The lowest BCUT2D eigenvalue weighted by Crippen LogP contribution is -2.32. The van der Waals surface area contributed by atoms with E-state index in [1.165, 1.54) is 6.07 Å². The third-order valence-electron chi connectivity index (χ3n) is 2.00. The van der Waals surface area contributed by atoms with Gasteiger partial charge in [-0.25, -0.2) is 4.39 Å². The molecular weight excluding hydrogens is 291 g/mol. The minimum absolute atomic E-state index is 0.102. The highest BCUT2D eigenvalue weighted by atomic mass is 79.9. The first-order valence-corrected chi connectivity index (χ1v) is 5.87. The average Bonchev–Trinajstić information content (AvgIpc) is 2.31. The van der Waals surface area contributed by atoms with E-state index in [-0.39, 0.29) is 18.3 Å². The van der Waals surface area contributed by atoms with Crippen molar-refractivity contribution in [2.45, 2.75) is 0 Å². The molecule has 0 radical (unpaired) electrons. The summed E-state index contributed by atoms with van der Waals surface area (Å²) in [6.45, 7) is 1.04. The summed E-state index contributed by atoms with van der Waals surface area (Å²) in [5.41, 5.74) is 0.563. The van der Waals surface area contributed by atoms with Crippen molar-refractivity contribution in [1.82, 2.24) is 5.32 Å². The monoisotopic (exact) mass is 304 g/mol.